The van der Waals surface area contributed by atoms with Crippen LogP contribution in [0.25, 0.3) is 0 Å². The summed E-state index contributed by atoms with van der Waals surface area (Å²) in [4.78, 5) is 4.29. The first-order valence-electron chi connectivity index (χ1n) is 5.60. The van der Waals surface area contributed by atoms with Gasteiger partial charge in [-0.05, 0) is 30.9 Å². The number of anilines is 1. The molecule has 1 N–H and O–H groups in total. The molecule has 1 aromatic rings. The lowest BCUT2D eigenvalue weighted by Gasteiger charge is -2.08. The van der Waals surface area contributed by atoms with Crippen molar-refractivity contribution >= 4 is 5.82 Å². The van der Waals surface area contributed by atoms with Gasteiger partial charge in [-0.15, -0.1) is 0 Å². The van der Waals surface area contributed by atoms with Crippen molar-refractivity contribution in [2.24, 2.45) is 5.92 Å². The number of aromatic nitrogens is 1. The number of methoxy groups -OCH3 is 1. The average molecular weight is 206 g/mol. The molecule has 1 aliphatic carbocycles. The molecule has 1 saturated carbocycles. The van der Waals surface area contributed by atoms with E-state index in [1.807, 2.05) is 12.1 Å². The summed E-state index contributed by atoms with van der Waals surface area (Å²) >= 11 is 0. The summed E-state index contributed by atoms with van der Waals surface area (Å²) in [6.07, 6.45) is 5.64. The van der Waals surface area contributed by atoms with Crippen molar-refractivity contribution in [1.29, 1.82) is 0 Å². The quantitative estimate of drug-likeness (QED) is 0.804. The van der Waals surface area contributed by atoms with Crippen LogP contribution in [0.3, 0.4) is 0 Å². The van der Waals surface area contributed by atoms with Crippen LogP contribution in [-0.2, 0) is 0 Å². The lowest BCUT2D eigenvalue weighted by molar-refractivity contribution is 0.414. The minimum Gasteiger partial charge on any atom is -0.493 e. The lowest BCUT2D eigenvalue weighted by Crippen LogP contribution is -2.07. The van der Waals surface area contributed by atoms with Gasteiger partial charge in [0, 0.05) is 12.2 Å². The number of nitrogens with zero attached hydrogens (tertiary/aromatic N) is 1. The molecule has 1 fully saturated rings. The molecule has 1 heterocycles. The molecule has 1 aromatic heterocycles. The van der Waals surface area contributed by atoms with Crippen molar-refractivity contribution in [3.8, 4) is 5.75 Å². The predicted octanol–water partition coefficient (Wildman–Crippen LogP) is 2.69. The van der Waals surface area contributed by atoms with E-state index in [2.05, 4.69) is 17.2 Å². The van der Waals surface area contributed by atoms with Crippen LogP contribution < -0.4 is 10.1 Å². The molecule has 0 bridgehead atoms. The molecule has 1 aliphatic rings. The van der Waals surface area contributed by atoms with E-state index in [-0.39, 0.29) is 0 Å². The van der Waals surface area contributed by atoms with Gasteiger partial charge in [0.15, 0.2) is 11.6 Å². The van der Waals surface area contributed by atoms with Gasteiger partial charge in [0.1, 0.15) is 0 Å². The molecule has 82 valence electrons. The predicted molar refractivity (Wildman–Crippen MR) is 61.2 cm³/mol. The molecule has 3 nitrogen and oxygen atoms in total. The van der Waals surface area contributed by atoms with Crippen molar-refractivity contribution in [3.63, 3.8) is 0 Å². The van der Waals surface area contributed by atoms with Gasteiger partial charge in [-0.1, -0.05) is 13.3 Å². The smallest absolute Gasteiger partial charge is 0.168 e. The monoisotopic (exact) mass is 206 g/mol. The Bertz CT molecular complexity index is 327. The highest BCUT2D eigenvalue weighted by Gasteiger charge is 2.36. The van der Waals surface area contributed by atoms with Crippen LogP contribution in [0.1, 0.15) is 26.2 Å². The van der Waals surface area contributed by atoms with Gasteiger partial charge in [0.25, 0.3) is 0 Å². The molecule has 0 spiro atoms. The molecule has 2 unspecified atom stereocenters. The van der Waals surface area contributed by atoms with E-state index in [4.69, 9.17) is 4.74 Å². The van der Waals surface area contributed by atoms with Crippen molar-refractivity contribution in [1.82, 2.24) is 4.98 Å². The minimum absolute atomic E-state index is 0.605. The third kappa shape index (κ3) is 2.41. The summed E-state index contributed by atoms with van der Waals surface area (Å²) in [5.74, 6) is 2.55. The second-order valence-electron chi connectivity index (χ2n) is 4.09. The first kappa shape index (κ1) is 10.3. The van der Waals surface area contributed by atoms with E-state index in [1.165, 1.54) is 19.3 Å². The molecule has 0 aromatic carbocycles. The number of hydrogen-bond acceptors (Lipinski definition) is 3. The summed E-state index contributed by atoms with van der Waals surface area (Å²) in [5.41, 5.74) is 0. The van der Waals surface area contributed by atoms with Crippen LogP contribution in [0.2, 0.25) is 0 Å². The zero-order valence-electron chi connectivity index (χ0n) is 9.36. The average Bonchev–Trinajstić information content (AvgIpc) is 2.98. The molecule has 0 radical (unpaired) electrons. The van der Waals surface area contributed by atoms with Gasteiger partial charge in [-0.3, -0.25) is 0 Å². The fourth-order valence-electron chi connectivity index (χ4n) is 1.95. The third-order valence-electron chi connectivity index (χ3n) is 2.89. The van der Waals surface area contributed by atoms with Crippen LogP contribution >= 0.6 is 0 Å². The van der Waals surface area contributed by atoms with Gasteiger partial charge < -0.3 is 10.1 Å². The molecular weight excluding hydrogens is 188 g/mol. The first-order valence-corrected chi connectivity index (χ1v) is 5.60. The topological polar surface area (TPSA) is 34.2 Å². The summed E-state index contributed by atoms with van der Waals surface area (Å²) in [6.45, 7) is 2.23. The van der Waals surface area contributed by atoms with Crippen molar-refractivity contribution in [3.05, 3.63) is 18.3 Å². The zero-order chi connectivity index (χ0) is 10.7. The van der Waals surface area contributed by atoms with Crippen LogP contribution in [0, 0.1) is 5.92 Å². The number of ether oxygens (including phenoxy) is 1. The normalized spacial score (nSPS) is 23.6. The number of nitrogens with one attached hydrogen (secondary N) is 1. The molecule has 2 atom stereocenters. The molecule has 0 saturated heterocycles. The lowest BCUT2D eigenvalue weighted by atomic mass is 10.2. The molecule has 3 heteroatoms. The van der Waals surface area contributed by atoms with Crippen molar-refractivity contribution in [2.45, 2.75) is 32.2 Å². The van der Waals surface area contributed by atoms with Gasteiger partial charge in [0.05, 0.1) is 7.11 Å². The maximum absolute atomic E-state index is 5.24. The Hall–Kier alpha value is -1.25. The Labute approximate surface area is 90.9 Å². The SMILES string of the molecule is CCCC1CC1Nc1ncccc1OC. The van der Waals surface area contributed by atoms with Crippen LogP contribution in [0.5, 0.6) is 5.75 Å². The Morgan fingerprint density at radius 1 is 1.60 bits per heavy atom. The Morgan fingerprint density at radius 2 is 2.47 bits per heavy atom. The first-order chi connectivity index (χ1) is 7.35. The Morgan fingerprint density at radius 3 is 3.20 bits per heavy atom. The van der Waals surface area contributed by atoms with Crippen molar-refractivity contribution < 1.29 is 4.74 Å². The highest BCUT2D eigenvalue weighted by molar-refractivity contribution is 5.51. The van der Waals surface area contributed by atoms with Crippen LogP contribution in [0.4, 0.5) is 5.82 Å². The minimum atomic E-state index is 0.605. The van der Waals surface area contributed by atoms with Crippen molar-refractivity contribution in [2.75, 3.05) is 12.4 Å². The highest BCUT2D eigenvalue weighted by Crippen LogP contribution is 2.38. The Balaban J connectivity index is 1.94. The van der Waals surface area contributed by atoms with E-state index in [1.54, 1.807) is 13.3 Å². The summed E-state index contributed by atoms with van der Waals surface area (Å²) in [6, 6.07) is 4.43. The standard InChI is InChI=1S/C12H18N2O/c1-3-5-9-8-10(9)14-12-11(15-2)6-4-7-13-12/h4,6-7,9-10H,3,5,8H2,1-2H3,(H,13,14). The second kappa shape index (κ2) is 4.51. The maximum atomic E-state index is 5.24. The molecular formula is C12H18N2O. The fourth-order valence-corrected chi connectivity index (χ4v) is 1.95. The zero-order valence-corrected chi connectivity index (χ0v) is 9.36. The van der Waals surface area contributed by atoms with Gasteiger partial charge in [-0.25, -0.2) is 4.98 Å². The summed E-state index contributed by atoms with van der Waals surface area (Å²) < 4.78 is 5.24. The number of pyridine rings is 1. The fraction of sp³-hybridized carbons (Fsp3) is 0.583. The van der Waals surface area contributed by atoms with E-state index in [9.17, 15) is 0 Å². The van der Waals surface area contributed by atoms with E-state index in [0.717, 1.165) is 17.5 Å². The number of rotatable bonds is 5. The molecule has 0 aliphatic heterocycles. The van der Waals surface area contributed by atoms with E-state index >= 15 is 0 Å². The van der Waals surface area contributed by atoms with Gasteiger partial charge in [0.2, 0.25) is 0 Å². The van der Waals surface area contributed by atoms with E-state index < -0.39 is 0 Å². The highest BCUT2D eigenvalue weighted by atomic mass is 16.5. The molecule has 15 heavy (non-hydrogen) atoms. The van der Waals surface area contributed by atoms with Crippen LogP contribution in [-0.4, -0.2) is 18.1 Å². The second-order valence-corrected chi connectivity index (χ2v) is 4.09. The van der Waals surface area contributed by atoms with Gasteiger partial charge >= 0.3 is 0 Å². The third-order valence-corrected chi connectivity index (χ3v) is 2.89. The maximum Gasteiger partial charge on any atom is 0.168 e. The van der Waals surface area contributed by atoms with E-state index in [0.29, 0.717) is 6.04 Å². The van der Waals surface area contributed by atoms with Gasteiger partial charge in [-0.2, -0.15) is 0 Å². The largest absolute Gasteiger partial charge is 0.493 e. The summed E-state index contributed by atoms with van der Waals surface area (Å²) in [5, 5.41) is 3.43. The van der Waals surface area contributed by atoms with Crippen LogP contribution in [0.15, 0.2) is 18.3 Å². The number of hydrogen-bond donors (Lipinski definition) is 1. The Kier molecular flexibility index (Phi) is 3.09. The molecule has 0 amide bonds. The summed E-state index contributed by atoms with van der Waals surface area (Å²) in [7, 11) is 1.68. The molecule has 2 rings (SSSR count).